The van der Waals surface area contributed by atoms with Crippen LogP contribution in [0.2, 0.25) is 0 Å². The van der Waals surface area contributed by atoms with Crippen molar-refractivity contribution in [3.8, 4) is 11.4 Å². The summed E-state index contributed by atoms with van der Waals surface area (Å²) in [6.45, 7) is 3.72. The molecular weight excluding hydrogens is 302 g/mol. The molecule has 120 valence electrons. The second-order valence-electron chi connectivity index (χ2n) is 5.15. The molecule has 0 radical (unpaired) electrons. The highest BCUT2D eigenvalue weighted by Crippen LogP contribution is 2.20. The van der Waals surface area contributed by atoms with Crippen molar-refractivity contribution in [2.45, 2.75) is 6.61 Å². The molecule has 4 N–H and O–H groups in total. The summed E-state index contributed by atoms with van der Waals surface area (Å²) in [5.74, 6) is 0.976. The average Bonchev–Trinajstić information content (AvgIpc) is 2.62. The molecule has 0 aliphatic rings. The molecule has 6 nitrogen and oxygen atoms in total. The van der Waals surface area contributed by atoms with Gasteiger partial charge >= 0.3 is 0 Å². The van der Waals surface area contributed by atoms with Crippen molar-refractivity contribution in [2.24, 2.45) is 0 Å². The van der Waals surface area contributed by atoms with Gasteiger partial charge < -0.3 is 16.2 Å². The maximum Gasteiger partial charge on any atom is 0.232 e. The predicted octanol–water partition coefficient (Wildman–Crippen LogP) is 3.00. The molecule has 0 amide bonds. The van der Waals surface area contributed by atoms with E-state index in [2.05, 4.69) is 26.8 Å². The molecule has 0 unspecified atom stereocenters. The largest absolute Gasteiger partial charge is 0.392 e. The molecule has 0 aliphatic heterocycles. The fraction of sp³-hybridized carbons (Fsp3) is 0.0556. The Morgan fingerprint density at radius 1 is 1.00 bits per heavy atom. The van der Waals surface area contributed by atoms with Crippen LogP contribution < -0.4 is 11.1 Å². The minimum absolute atomic E-state index is 0.00681. The van der Waals surface area contributed by atoms with Crippen LogP contribution in [-0.4, -0.2) is 20.1 Å². The number of hydrogen-bond donors (Lipinski definition) is 3. The summed E-state index contributed by atoms with van der Waals surface area (Å²) < 4.78 is 0. The summed E-state index contributed by atoms with van der Waals surface area (Å²) in [5, 5.41) is 12.2. The molecule has 0 bridgehead atoms. The topological polar surface area (TPSA) is 97.0 Å². The van der Waals surface area contributed by atoms with Crippen molar-refractivity contribution in [1.82, 2.24) is 15.0 Å². The first-order valence-electron chi connectivity index (χ1n) is 7.39. The van der Waals surface area contributed by atoms with E-state index in [9.17, 15) is 0 Å². The molecule has 6 heteroatoms. The first-order chi connectivity index (χ1) is 11.7. The molecule has 0 atom stereocenters. The van der Waals surface area contributed by atoms with Gasteiger partial charge in [0.05, 0.1) is 6.61 Å². The number of benzene rings is 2. The molecular formula is C18H17N5O. The smallest absolute Gasteiger partial charge is 0.232 e. The number of nitrogens with one attached hydrogen (secondary N) is 1. The van der Waals surface area contributed by atoms with Crippen LogP contribution in [0.25, 0.3) is 17.5 Å². The zero-order valence-corrected chi connectivity index (χ0v) is 13.0. The van der Waals surface area contributed by atoms with Crippen LogP contribution >= 0.6 is 0 Å². The highest BCUT2D eigenvalue weighted by Gasteiger charge is 2.07. The molecule has 0 saturated carbocycles. The number of hydrogen-bond acceptors (Lipinski definition) is 6. The molecule has 2 aromatic carbocycles. The van der Waals surface area contributed by atoms with Crippen molar-refractivity contribution in [1.29, 1.82) is 0 Å². The first kappa shape index (κ1) is 15.6. The van der Waals surface area contributed by atoms with Crippen LogP contribution in [0.4, 0.5) is 17.6 Å². The summed E-state index contributed by atoms with van der Waals surface area (Å²) in [6, 6.07) is 15.0. The van der Waals surface area contributed by atoms with Gasteiger partial charge in [0.15, 0.2) is 5.82 Å². The fourth-order valence-corrected chi connectivity index (χ4v) is 2.17. The number of aliphatic hydroxyl groups excluding tert-OH is 1. The van der Waals surface area contributed by atoms with E-state index >= 15 is 0 Å². The van der Waals surface area contributed by atoms with Crippen LogP contribution in [0.15, 0.2) is 55.1 Å². The Bertz CT molecular complexity index is 844. The molecule has 0 saturated heterocycles. The quantitative estimate of drug-likeness (QED) is 0.669. The minimum Gasteiger partial charge on any atom is -0.392 e. The number of aromatic nitrogens is 3. The molecule has 3 aromatic rings. The van der Waals surface area contributed by atoms with Crippen molar-refractivity contribution in [3.05, 3.63) is 66.2 Å². The second-order valence-corrected chi connectivity index (χ2v) is 5.15. The Balaban J connectivity index is 1.88. The number of rotatable bonds is 5. The molecule has 1 aromatic heterocycles. The van der Waals surface area contributed by atoms with Gasteiger partial charge in [-0.05, 0) is 23.3 Å². The predicted molar refractivity (Wildman–Crippen MR) is 95.4 cm³/mol. The van der Waals surface area contributed by atoms with Gasteiger partial charge in [-0.25, -0.2) is 0 Å². The third-order valence-electron chi connectivity index (χ3n) is 3.45. The van der Waals surface area contributed by atoms with Gasteiger partial charge in [-0.15, -0.1) is 0 Å². The standard InChI is InChI=1S/C18H17N5O/c1-2-12-5-9-15(10-6-12)20-18-22-16(21-17(19)23-18)14-7-3-13(11-24)4-8-14/h2-10,24H,1,11H2,(H3,19,20,21,22,23). The maximum absolute atomic E-state index is 9.11. The number of nitrogens with two attached hydrogens (primary N) is 1. The van der Waals surface area contributed by atoms with Gasteiger partial charge in [0, 0.05) is 11.3 Å². The van der Waals surface area contributed by atoms with Crippen molar-refractivity contribution < 1.29 is 5.11 Å². The summed E-state index contributed by atoms with van der Waals surface area (Å²) >= 11 is 0. The number of nitrogens with zero attached hydrogens (tertiary/aromatic N) is 3. The lowest BCUT2D eigenvalue weighted by Crippen LogP contribution is -2.05. The monoisotopic (exact) mass is 319 g/mol. The molecule has 1 heterocycles. The average molecular weight is 319 g/mol. The number of aliphatic hydroxyl groups is 1. The van der Waals surface area contributed by atoms with Crippen molar-refractivity contribution >= 4 is 23.7 Å². The molecule has 24 heavy (non-hydrogen) atoms. The Morgan fingerprint density at radius 3 is 2.33 bits per heavy atom. The molecule has 0 spiro atoms. The van der Waals surface area contributed by atoms with Gasteiger partial charge in [0.1, 0.15) is 0 Å². The van der Waals surface area contributed by atoms with E-state index in [0.29, 0.717) is 11.8 Å². The Morgan fingerprint density at radius 2 is 1.71 bits per heavy atom. The molecule has 0 aliphatic carbocycles. The fourth-order valence-electron chi connectivity index (χ4n) is 2.17. The Kier molecular flexibility index (Phi) is 4.49. The molecule has 0 fully saturated rings. The van der Waals surface area contributed by atoms with Gasteiger partial charge in [-0.3, -0.25) is 0 Å². The lowest BCUT2D eigenvalue weighted by atomic mass is 10.1. The highest BCUT2D eigenvalue weighted by atomic mass is 16.3. The lowest BCUT2D eigenvalue weighted by Gasteiger charge is -2.08. The molecule has 3 rings (SSSR count). The van der Waals surface area contributed by atoms with Crippen LogP contribution in [-0.2, 0) is 6.61 Å². The summed E-state index contributed by atoms with van der Waals surface area (Å²) in [4.78, 5) is 12.7. The van der Waals surface area contributed by atoms with Gasteiger partial charge in [-0.2, -0.15) is 15.0 Å². The zero-order valence-electron chi connectivity index (χ0n) is 13.0. The van der Waals surface area contributed by atoms with E-state index in [0.717, 1.165) is 22.4 Å². The van der Waals surface area contributed by atoms with E-state index < -0.39 is 0 Å². The maximum atomic E-state index is 9.11. The normalized spacial score (nSPS) is 10.4. The summed E-state index contributed by atoms with van der Waals surface area (Å²) in [6.07, 6.45) is 1.78. The minimum atomic E-state index is -0.00681. The van der Waals surface area contributed by atoms with Crippen molar-refractivity contribution in [3.63, 3.8) is 0 Å². The summed E-state index contributed by atoms with van der Waals surface area (Å²) in [5.41, 5.74) is 9.28. The van der Waals surface area contributed by atoms with E-state index in [1.54, 1.807) is 6.08 Å². The third-order valence-corrected chi connectivity index (χ3v) is 3.45. The van der Waals surface area contributed by atoms with E-state index in [4.69, 9.17) is 10.8 Å². The summed E-state index contributed by atoms with van der Waals surface area (Å²) in [7, 11) is 0. The number of nitrogen functional groups attached to an aromatic ring is 1. The van der Waals surface area contributed by atoms with Crippen LogP contribution in [0.3, 0.4) is 0 Å². The lowest BCUT2D eigenvalue weighted by molar-refractivity contribution is 0.282. The second kappa shape index (κ2) is 6.89. The highest BCUT2D eigenvalue weighted by molar-refractivity contribution is 5.62. The van der Waals surface area contributed by atoms with Gasteiger partial charge in [0.2, 0.25) is 11.9 Å². The van der Waals surface area contributed by atoms with Crippen molar-refractivity contribution in [2.75, 3.05) is 11.1 Å². The number of anilines is 3. The van der Waals surface area contributed by atoms with Crippen LogP contribution in [0.1, 0.15) is 11.1 Å². The SMILES string of the molecule is C=Cc1ccc(Nc2nc(N)nc(-c3ccc(CO)cc3)n2)cc1. The van der Waals surface area contributed by atoms with E-state index in [1.807, 2.05) is 48.5 Å². The van der Waals surface area contributed by atoms with Gasteiger partial charge in [-0.1, -0.05) is 49.1 Å². The third kappa shape index (κ3) is 3.56. The Hall–Kier alpha value is -3.25. The van der Waals surface area contributed by atoms with Gasteiger partial charge in [0.25, 0.3) is 0 Å². The van der Waals surface area contributed by atoms with E-state index in [-0.39, 0.29) is 12.6 Å². The zero-order chi connectivity index (χ0) is 16.9. The van der Waals surface area contributed by atoms with E-state index in [1.165, 1.54) is 0 Å². The van der Waals surface area contributed by atoms with Crippen LogP contribution in [0, 0.1) is 0 Å². The first-order valence-corrected chi connectivity index (χ1v) is 7.39. The van der Waals surface area contributed by atoms with Crippen LogP contribution in [0.5, 0.6) is 0 Å². The Labute approximate surface area is 139 Å².